The van der Waals surface area contributed by atoms with E-state index in [0.29, 0.717) is 16.1 Å². The first kappa shape index (κ1) is 22.0. The van der Waals surface area contributed by atoms with Crippen molar-refractivity contribution in [3.05, 3.63) is 100 Å². The Morgan fingerprint density at radius 1 is 1.03 bits per heavy atom. The first-order chi connectivity index (χ1) is 14.2. The van der Waals surface area contributed by atoms with E-state index in [-0.39, 0.29) is 17.0 Å². The second-order valence-electron chi connectivity index (χ2n) is 6.77. The summed E-state index contributed by atoms with van der Waals surface area (Å²) in [6.07, 6.45) is 0. The van der Waals surface area contributed by atoms with Crippen LogP contribution in [-0.4, -0.2) is 18.6 Å². The van der Waals surface area contributed by atoms with Crippen LogP contribution in [0.5, 0.6) is 0 Å². The van der Waals surface area contributed by atoms with Gasteiger partial charge in [-0.25, -0.2) is 12.8 Å². The molecule has 0 fully saturated rings. The maximum Gasteiger partial charge on any atom is 0.244 e. The van der Waals surface area contributed by atoms with Crippen molar-refractivity contribution in [1.29, 1.82) is 0 Å². The van der Waals surface area contributed by atoms with Crippen LogP contribution in [-0.2, 0) is 21.4 Å². The summed E-state index contributed by atoms with van der Waals surface area (Å²) in [6.45, 7) is 1.21. The molecule has 0 radical (unpaired) electrons. The van der Waals surface area contributed by atoms with E-state index < -0.39 is 27.8 Å². The summed E-state index contributed by atoms with van der Waals surface area (Å²) < 4.78 is 42.7. The molecule has 156 valence electrons. The molecule has 1 atom stereocenters. The molecule has 0 bridgehead atoms. The zero-order chi connectivity index (χ0) is 21.9. The summed E-state index contributed by atoms with van der Waals surface area (Å²) in [7, 11) is -4.23. The van der Waals surface area contributed by atoms with Gasteiger partial charge in [0.05, 0.1) is 4.90 Å². The van der Waals surface area contributed by atoms with Crippen LogP contribution < -0.4 is 5.73 Å². The van der Waals surface area contributed by atoms with Gasteiger partial charge in [0.25, 0.3) is 0 Å². The highest BCUT2D eigenvalue weighted by atomic mass is 35.5. The zero-order valence-electron chi connectivity index (χ0n) is 16.1. The SMILES string of the molecule is Cc1cccc(CN(C(C(N)=O)c2ccccc2)S(=O)(=O)c2ccc(Cl)cc2)c1F. The third kappa shape index (κ3) is 4.53. The van der Waals surface area contributed by atoms with E-state index in [1.54, 1.807) is 49.4 Å². The number of carbonyl (C=O) groups is 1. The molecule has 0 saturated carbocycles. The second-order valence-corrected chi connectivity index (χ2v) is 9.09. The van der Waals surface area contributed by atoms with Crippen LogP contribution >= 0.6 is 11.6 Å². The van der Waals surface area contributed by atoms with Crippen LogP contribution in [0.2, 0.25) is 5.02 Å². The molecular weight excluding hydrogens is 427 g/mol. The highest BCUT2D eigenvalue weighted by molar-refractivity contribution is 7.89. The van der Waals surface area contributed by atoms with E-state index >= 15 is 0 Å². The van der Waals surface area contributed by atoms with Gasteiger partial charge in [-0.3, -0.25) is 4.79 Å². The molecule has 1 amide bonds. The number of nitrogens with zero attached hydrogens (tertiary/aromatic N) is 1. The van der Waals surface area contributed by atoms with E-state index in [4.69, 9.17) is 17.3 Å². The van der Waals surface area contributed by atoms with E-state index in [2.05, 4.69) is 0 Å². The predicted octanol–water partition coefficient (Wildman–Crippen LogP) is 4.21. The average Bonchev–Trinajstić information content (AvgIpc) is 2.71. The minimum atomic E-state index is -4.23. The first-order valence-electron chi connectivity index (χ1n) is 9.07. The van der Waals surface area contributed by atoms with Crippen LogP contribution in [0.15, 0.2) is 77.7 Å². The normalized spacial score (nSPS) is 12.7. The highest BCUT2D eigenvalue weighted by Crippen LogP contribution is 2.31. The van der Waals surface area contributed by atoms with E-state index in [1.807, 2.05) is 0 Å². The molecule has 5 nitrogen and oxygen atoms in total. The molecule has 3 aromatic rings. The Bertz CT molecular complexity index is 1150. The van der Waals surface area contributed by atoms with E-state index in [1.165, 1.54) is 30.3 Å². The minimum absolute atomic E-state index is 0.0813. The molecular formula is C22H20ClFN2O3S. The number of rotatable bonds is 7. The number of hydrogen-bond donors (Lipinski definition) is 1. The number of primary amides is 1. The van der Waals surface area contributed by atoms with Crippen molar-refractivity contribution in [3.8, 4) is 0 Å². The lowest BCUT2D eigenvalue weighted by molar-refractivity contribution is -0.122. The van der Waals surface area contributed by atoms with Gasteiger partial charge in [0.15, 0.2) is 0 Å². The molecule has 0 heterocycles. The lowest BCUT2D eigenvalue weighted by Crippen LogP contribution is -2.41. The van der Waals surface area contributed by atoms with Crippen LogP contribution in [0.4, 0.5) is 4.39 Å². The maximum atomic E-state index is 14.7. The van der Waals surface area contributed by atoms with Gasteiger partial charge in [0.1, 0.15) is 11.9 Å². The Kier molecular flexibility index (Phi) is 6.55. The van der Waals surface area contributed by atoms with Gasteiger partial charge in [-0.2, -0.15) is 4.31 Å². The molecule has 0 saturated heterocycles. The standard InChI is InChI=1S/C22H20ClFN2O3S/c1-15-6-5-9-17(20(15)24)14-26(21(22(25)27)16-7-3-2-4-8-16)30(28,29)19-12-10-18(23)11-13-19/h2-13,21H,14H2,1H3,(H2,25,27). The fourth-order valence-electron chi connectivity index (χ4n) is 3.16. The Balaban J connectivity index is 2.18. The van der Waals surface area contributed by atoms with Gasteiger partial charge in [0, 0.05) is 17.1 Å². The van der Waals surface area contributed by atoms with Gasteiger partial charge in [0.2, 0.25) is 15.9 Å². The number of benzene rings is 3. The van der Waals surface area contributed by atoms with Crippen molar-refractivity contribution >= 4 is 27.5 Å². The van der Waals surface area contributed by atoms with Gasteiger partial charge in [-0.1, -0.05) is 60.1 Å². The highest BCUT2D eigenvalue weighted by Gasteiger charge is 2.36. The fourth-order valence-corrected chi connectivity index (χ4v) is 4.85. The van der Waals surface area contributed by atoms with Gasteiger partial charge < -0.3 is 5.73 Å². The third-order valence-corrected chi connectivity index (χ3v) is 6.77. The molecule has 30 heavy (non-hydrogen) atoms. The number of halogens is 2. The van der Waals surface area contributed by atoms with Crippen LogP contribution in [0.3, 0.4) is 0 Å². The summed E-state index contributed by atoms with van der Waals surface area (Å²) in [6, 6.07) is 17.2. The second kappa shape index (κ2) is 8.95. The lowest BCUT2D eigenvalue weighted by atomic mass is 10.1. The van der Waals surface area contributed by atoms with Crippen LogP contribution in [0, 0.1) is 12.7 Å². The first-order valence-corrected chi connectivity index (χ1v) is 10.9. The molecule has 1 unspecified atom stereocenters. The predicted molar refractivity (Wildman–Crippen MR) is 114 cm³/mol. The smallest absolute Gasteiger partial charge is 0.244 e. The Labute approximate surface area is 179 Å². The average molecular weight is 447 g/mol. The molecule has 3 rings (SSSR count). The number of sulfonamides is 1. The molecule has 0 aliphatic carbocycles. The summed E-state index contributed by atoms with van der Waals surface area (Å²) in [5.74, 6) is -1.41. The molecule has 8 heteroatoms. The Hall–Kier alpha value is -2.74. The fraction of sp³-hybridized carbons (Fsp3) is 0.136. The Morgan fingerprint density at radius 3 is 2.27 bits per heavy atom. The molecule has 2 N–H and O–H groups in total. The van der Waals surface area contributed by atoms with Gasteiger partial charge >= 0.3 is 0 Å². The summed E-state index contributed by atoms with van der Waals surface area (Å²) in [5.41, 5.74) is 6.52. The number of nitrogens with two attached hydrogens (primary N) is 1. The number of amides is 1. The van der Waals surface area contributed by atoms with Crippen LogP contribution in [0.1, 0.15) is 22.7 Å². The molecule has 0 aliphatic rings. The van der Waals surface area contributed by atoms with Crippen LogP contribution in [0.25, 0.3) is 0 Å². The number of aryl methyl sites for hydroxylation is 1. The van der Waals surface area contributed by atoms with Crippen molar-refractivity contribution in [3.63, 3.8) is 0 Å². The maximum absolute atomic E-state index is 14.7. The topological polar surface area (TPSA) is 80.5 Å². The van der Waals surface area contributed by atoms with Crippen molar-refractivity contribution in [2.24, 2.45) is 5.73 Å². The number of hydrogen-bond acceptors (Lipinski definition) is 3. The quantitative estimate of drug-likeness (QED) is 0.590. The number of carbonyl (C=O) groups excluding carboxylic acids is 1. The third-order valence-electron chi connectivity index (χ3n) is 4.69. The Morgan fingerprint density at radius 2 is 1.67 bits per heavy atom. The molecule has 3 aromatic carbocycles. The molecule has 0 spiro atoms. The monoisotopic (exact) mass is 446 g/mol. The molecule has 0 aliphatic heterocycles. The molecule has 0 aromatic heterocycles. The summed E-state index contributed by atoms with van der Waals surface area (Å²) in [4.78, 5) is 12.3. The zero-order valence-corrected chi connectivity index (χ0v) is 17.7. The van der Waals surface area contributed by atoms with Crippen molar-refractivity contribution in [2.75, 3.05) is 0 Å². The minimum Gasteiger partial charge on any atom is -0.368 e. The van der Waals surface area contributed by atoms with Crippen molar-refractivity contribution < 1.29 is 17.6 Å². The van der Waals surface area contributed by atoms with Crippen molar-refractivity contribution in [1.82, 2.24) is 4.31 Å². The largest absolute Gasteiger partial charge is 0.368 e. The lowest BCUT2D eigenvalue weighted by Gasteiger charge is -2.29. The summed E-state index contributed by atoms with van der Waals surface area (Å²) >= 11 is 5.89. The van der Waals surface area contributed by atoms with Crippen molar-refractivity contribution in [2.45, 2.75) is 24.4 Å². The van der Waals surface area contributed by atoms with Gasteiger partial charge in [-0.15, -0.1) is 0 Å². The van der Waals surface area contributed by atoms with Gasteiger partial charge in [-0.05, 0) is 42.3 Å². The summed E-state index contributed by atoms with van der Waals surface area (Å²) in [5, 5.41) is 0.361. The van der Waals surface area contributed by atoms with E-state index in [9.17, 15) is 17.6 Å². The van der Waals surface area contributed by atoms with E-state index in [0.717, 1.165) is 4.31 Å².